The van der Waals surface area contributed by atoms with Gasteiger partial charge in [-0.25, -0.2) is 4.79 Å². The van der Waals surface area contributed by atoms with E-state index in [2.05, 4.69) is 10.2 Å². The lowest BCUT2D eigenvalue weighted by Crippen LogP contribution is -2.51. The predicted octanol–water partition coefficient (Wildman–Crippen LogP) is 1.000. The molecule has 1 fully saturated rings. The SMILES string of the molecule is Cn1ncc(C2(N)CCN(C(=O)OC(C)(C)C)CC2)n1. The first-order valence-corrected chi connectivity index (χ1v) is 6.83. The first-order chi connectivity index (χ1) is 9.20. The maximum Gasteiger partial charge on any atom is 0.410 e. The number of aryl methyl sites for hydroxylation is 1. The van der Waals surface area contributed by atoms with Crippen molar-refractivity contribution in [1.82, 2.24) is 19.9 Å². The van der Waals surface area contributed by atoms with Crippen molar-refractivity contribution in [3.8, 4) is 0 Å². The molecule has 0 spiro atoms. The van der Waals surface area contributed by atoms with Gasteiger partial charge in [-0.05, 0) is 33.6 Å². The molecule has 1 saturated heterocycles. The molecule has 0 aromatic carbocycles. The Morgan fingerprint density at radius 1 is 1.40 bits per heavy atom. The molecule has 1 aromatic heterocycles. The Morgan fingerprint density at radius 2 is 2.00 bits per heavy atom. The normalized spacial score (nSPS) is 18.9. The van der Waals surface area contributed by atoms with Gasteiger partial charge in [-0.2, -0.15) is 15.0 Å². The second-order valence-corrected chi connectivity index (χ2v) is 6.34. The standard InChI is InChI=1S/C13H23N5O2/c1-12(2,3)20-11(19)18-7-5-13(14,6-8-18)10-9-15-17(4)16-10/h9H,5-8,14H2,1-4H3. The third kappa shape index (κ3) is 3.27. The quantitative estimate of drug-likeness (QED) is 0.830. The number of rotatable bonds is 1. The second-order valence-electron chi connectivity index (χ2n) is 6.34. The van der Waals surface area contributed by atoms with Gasteiger partial charge >= 0.3 is 6.09 Å². The van der Waals surface area contributed by atoms with Crippen molar-refractivity contribution in [2.45, 2.75) is 44.8 Å². The van der Waals surface area contributed by atoms with Crippen LogP contribution in [0.2, 0.25) is 0 Å². The predicted molar refractivity (Wildman–Crippen MR) is 73.9 cm³/mol. The van der Waals surface area contributed by atoms with Crippen LogP contribution in [-0.2, 0) is 17.3 Å². The fourth-order valence-electron chi connectivity index (χ4n) is 2.24. The van der Waals surface area contributed by atoms with E-state index in [1.54, 1.807) is 18.1 Å². The van der Waals surface area contributed by atoms with Gasteiger partial charge < -0.3 is 15.4 Å². The topological polar surface area (TPSA) is 86.3 Å². The highest BCUT2D eigenvalue weighted by Gasteiger charge is 2.37. The minimum absolute atomic E-state index is 0.279. The zero-order valence-corrected chi connectivity index (χ0v) is 12.6. The summed E-state index contributed by atoms with van der Waals surface area (Å²) in [6, 6.07) is 0. The highest BCUT2D eigenvalue weighted by atomic mass is 16.6. The molecule has 2 rings (SSSR count). The highest BCUT2D eigenvalue weighted by molar-refractivity contribution is 5.68. The Bertz CT molecular complexity index is 483. The minimum atomic E-state index is -0.507. The van der Waals surface area contributed by atoms with Gasteiger partial charge in [-0.3, -0.25) is 0 Å². The van der Waals surface area contributed by atoms with E-state index in [0.717, 1.165) is 5.69 Å². The molecular formula is C13H23N5O2. The van der Waals surface area contributed by atoms with Crippen molar-refractivity contribution in [3.05, 3.63) is 11.9 Å². The molecule has 0 atom stereocenters. The van der Waals surface area contributed by atoms with Gasteiger partial charge in [0.05, 0.1) is 11.7 Å². The van der Waals surface area contributed by atoms with Crippen molar-refractivity contribution in [2.75, 3.05) is 13.1 Å². The first-order valence-electron chi connectivity index (χ1n) is 6.83. The maximum absolute atomic E-state index is 12.0. The van der Waals surface area contributed by atoms with E-state index in [1.807, 2.05) is 20.8 Å². The summed E-state index contributed by atoms with van der Waals surface area (Å²) in [5.41, 5.74) is 6.19. The van der Waals surface area contributed by atoms with Crippen LogP contribution in [0, 0.1) is 0 Å². The zero-order valence-electron chi connectivity index (χ0n) is 12.6. The summed E-state index contributed by atoms with van der Waals surface area (Å²) in [7, 11) is 1.77. The van der Waals surface area contributed by atoms with Gasteiger partial charge in [0.15, 0.2) is 0 Å². The fraction of sp³-hybridized carbons (Fsp3) is 0.769. The lowest BCUT2D eigenvalue weighted by Gasteiger charge is -2.38. The molecule has 112 valence electrons. The smallest absolute Gasteiger partial charge is 0.410 e. The van der Waals surface area contributed by atoms with E-state index < -0.39 is 11.1 Å². The van der Waals surface area contributed by atoms with E-state index in [4.69, 9.17) is 10.5 Å². The molecule has 1 amide bonds. The number of amides is 1. The molecule has 7 nitrogen and oxygen atoms in total. The summed E-state index contributed by atoms with van der Waals surface area (Å²) >= 11 is 0. The average Bonchev–Trinajstić information content (AvgIpc) is 2.75. The Balaban J connectivity index is 1.97. The van der Waals surface area contributed by atoms with E-state index in [1.165, 1.54) is 4.80 Å². The van der Waals surface area contributed by atoms with Crippen molar-refractivity contribution >= 4 is 6.09 Å². The molecule has 0 unspecified atom stereocenters. The second kappa shape index (κ2) is 5.05. The Labute approximate surface area is 119 Å². The number of aromatic nitrogens is 3. The maximum atomic E-state index is 12.0. The van der Waals surface area contributed by atoms with E-state index in [-0.39, 0.29) is 6.09 Å². The van der Waals surface area contributed by atoms with Crippen molar-refractivity contribution in [3.63, 3.8) is 0 Å². The number of likely N-dealkylation sites (tertiary alicyclic amines) is 1. The third-order valence-corrected chi connectivity index (χ3v) is 3.42. The fourth-order valence-corrected chi connectivity index (χ4v) is 2.24. The number of hydrogen-bond acceptors (Lipinski definition) is 5. The highest BCUT2D eigenvalue weighted by Crippen LogP contribution is 2.29. The number of carbonyl (C=O) groups is 1. The van der Waals surface area contributed by atoms with Crippen LogP contribution in [0.1, 0.15) is 39.3 Å². The van der Waals surface area contributed by atoms with Crippen molar-refractivity contribution < 1.29 is 9.53 Å². The molecular weight excluding hydrogens is 258 g/mol. The number of hydrogen-bond donors (Lipinski definition) is 1. The van der Waals surface area contributed by atoms with E-state index in [9.17, 15) is 4.79 Å². The molecule has 7 heteroatoms. The zero-order chi connectivity index (χ0) is 15.0. The van der Waals surface area contributed by atoms with E-state index >= 15 is 0 Å². The summed E-state index contributed by atoms with van der Waals surface area (Å²) in [4.78, 5) is 15.2. The minimum Gasteiger partial charge on any atom is -0.444 e. The van der Waals surface area contributed by atoms with Crippen molar-refractivity contribution in [1.29, 1.82) is 0 Å². The van der Waals surface area contributed by atoms with Crippen molar-refractivity contribution in [2.24, 2.45) is 12.8 Å². The lowest BCUT2D eigenvalue weighted by molar-refractivity contribution is 0.0164. The molecule has 1 aliphatic heterocycles. The monoisotopic (exact) mass is 281 g/mol. The van der Waals surface area contributed by atoms with E-state index in [0.29, 0.717) is 25.9 Å². The number of carbonyl (C=O) groups excluding carboxylic acids is 1. The van der Waals surface area contributed by atoms with Crippen LogP contribution in [0.4, 0.5) is 4.79 Å². The molecule has 0 radical (unpaired) electrons. The molecule has 0 saturated carbocycles. The summed E-state index contributed by atoms with van der Waals surface area (Å²) in [5.74, 6) is 0. The van der Waals surface area contributed by atoms with Crippen LogP contribution in [0.3, 0.4) is 0 Å². The third-order valence-electron chi connectivity index (χ3n) is 3.42. The summed E-state index contributed by atoms with van der Waals surface area (Å²) in [6.07, 6.45) is 2.73. The molecule has 1 aliphatic rings. The van der Waals surface area contributed by atoms with Gasteiger partial charge in [0.2, 0.25) is 0 Å². The van der Waals surface area contributed by atoms with Crippen LogP contribution < -0.4 is 5.73 Å². The Kier molecular flexibility index (Phi) is 3.73. The number of nitrogens with zero attached hydrogens (tertiary/aromatic N) is 4. The first kappa shape index (κ1) is 14.8. The molecule has 0 bridgehead atoms. The molecule has 2 N–H and O–H groups in total. The van der Waals surface area contributed by atoms with Gasteiger partial charge in [0.25, 0.3) is 0 Å². The van der Waals surface area contributed by atoms with Crippen LogP contribution in [0.5, 0.6) is 0 Å². The van der Waals surface area contributed by atoms with Crippen LogP contribution in [0.15, 0.2) is 6.20 Å². The van der Waals surface area contributed by atoms with Gasteiger partial charge in [0.1, 0.15) is 11.3 Å². The summed E-state index contributed by atoms with van der Waals surface area (Å²) < 4.78 is 5.37. The molecule has 0 aliphatic carbocycles. The van der Waals surface area contributed by atoms with Crippen LogP contribution in [0.25, 0.3) is 0 Å². The molecule has 1 aromatic rings. The Hall–Kier alpha value is -1.63. The summed E-state index contributed by atoms with van der Waals surface area (Å²) in [5, 5.41) is 8.34. The number of nitrogens with two attached hydrogens (primary N) is 1. The average molecular weight is 281 g/mol. The number of ether oxygens (including phenoxy) is 1. The van der Waals surface area contributed by atoms with Gasteiger partial charge in [0, 0.05) is 20.1 Å². The largest absolute Gasteiger partial charge is 0.444 e. The van der Waals surface area contributed by atoms with Gasteiger partial charge in [-0.1, -0.05) is 0 Å². The lowest BCUT2D eigenvalue weighted by atomic mass is 9.86. The summed E-state index contributed by atoms with van der Waals surface area (Å²) in [6.45, 7) is 6.73. The molecule has 2 heterocycles. The Morgan fingerprint density at radius 3 is 2.45 bits per heavy atom. The van der Waals surface area contributed by atoms with Crippen LogP contribution in [-0.4, -0.2) is 44.7 Å². The van der Waals surface area contributed by atoms with Gasteiger partial charge in [-0.15, -0.1) is 0 Å². The van der Waals surface area contributed by atoms with Crippen LogP contribution >= 0.6 is 0 Å². The number of piperidine rings is 1. The molecule has 20 heavy (non-hydrogen) atoms.